The number of alkyl halides is 3. The molecule has 0 amide bonds. The van der Waals surface area contributed by atoms with Crippen LogP contribution >= 0.6 is 10.7 Å². The highest BCUT2D eigenvalue weighted by Crippen LogP contribution is 2.20. The van der Waals surface area contributed by atoms with E-state index in [0.29, 0.717) is 12.8 Å². The molecule has 14 heteroatoms. The molecule has 0 aromatic rings. The first-order chi connectivity index (χ1) is 13.0. The zero-order valence-electron chi connectivity index (χ0n) is 17.9. The lowest BCUT2D eigenvalue weighted by atomic mass is 10.1. The summed E-state index contributed by atoms with van der Waals surface area (Å²) in [6, 6.07) is 0. The number of hydrogen-bond acceptors (Lipinski definition) is 8. The van der Waals surface area contributed by atoms with Crippen molar-refractivity contribution < 1.29 is 49.5 Å². The van der Waals surface area contributed by atoms with Crippen molar-refractivity contribution in [3.8, 4) is 0 Å². The number of aliphatic hydroxyl groups excluding tert-OH is 1. The Morgan fingerprint density at radius 2 is 1.30 bits per heavy atom. The van der Waals surface area contributed by atoms with Gasteiger partial charge in [-0.15, -0.1) is 0 Å². The van der Waals surface area contributed by atoms with Gasteiger partial charge in [0.1, 0.15) is 0 Å². The molecule has 0 aromatic carbocycles. The molecule has 0 aromatic heterocycles. The predicted molar refractivity (Wildman–Crippen MR) is 109 cm³/mol. The first-order valence-corrected chi connectivity index (χ1v) is 13.0. The number of rotatable bonds is 10. The molecule has 0 spiro atoms. The third-order valence-electron chi connectivity index (χ3n) is 2.78. The van der Waals surface area contributed by atoms with E-state index in [2.05, 4.69) is 4.18 Å². The van der Waals surface area contributed by atoms with Crippen molar-refractivity contribution in [2.24, 2.45) is 0 Å². The zero-order chi connectivity index (χ0) is 24.9. The first-order valence-electron chi connectivity index (χ1n) is 8.95. The van der Waals surface area contributed by atoms with Crippen molar-refractivity contribution in [3.05, 3.63) is 0 Å². The summed E-state index contributed by atoms with van der Waals surface area (Å²) in [7, 11) is -2.56. The molecule has 0 saturated heterocycles. The minimum Gasteiger partial charge on any atom is -0.396 e. The van der Waals surface area contributed by atoms with Crippen LogP contribution in [0.25, 0.3) is 0 Å². The van der Waals surface area contributed by atoms with E-state index < -0.39 is 48.7 Å². The predicted octanol–water partition coefficient (Wildman–Crippen LogP) is 2.55. The van der Waals surface area contributed by atoms with E-state index in [1.807, 2.05) is 0 Å². The van der Waals surface area contributed by atoms with Crippen LogP contribution in [-0.2, 0) is 23.4 Å². The SMILES string of the molecule is CC(C)(O)CCO.CC(C)(O)CCOS(=O)(=O)CCC(F)(F)F.CCCS(=O)(=O)Cl. The molecule has 0 aliphatic heterocycles. The molecular weight excluding hydrogens is 477 g/mol. The largest absolute Gasteiger partial charge is 0.396 e. The Morgan fingerprint density at radius 1 is 0.867 bits per heavy atom. The molecule has 0 rings (SSSR count). The van der Waals surface area contributed by atoms with Crippen LogP contribution in [0.4, 0.5) is 13.2 Å². The van der Waals surface area contributed by atoms with Crippen molar-refractivity contribution in [2.45, 2.75) is 77.7 Å². The lowest BCUT2D eigenvalue weighted by Crippen LogP contribution is -2.24. The van der Waals surface area contributed by atoms with Gasteiger partial charge in [0.05, 0.1) is 35.7 Å². The summed E-state index contributed by atoms with van der Waals surface area (Å²) in [5.41, 5.74) is -1.81. The molecule has 0 fully saturated rings. The van der Waals surface area contributed by atoms with Crippen LogP contribution in [-0.4, -0.2) is 74.3 Å². The summed E-state index contributed by atoms with van der Waals surface area (Å²) in [6.07, 6.45) is -4.89. The smallest absolute Gasteiger partial charge is 0.390 e. The lowest BCUT2D eigenvalue weighted by molar-refractivity contribution is -0.130. The maximum absolute atomic E-state index is 11.7. The third-order valence-corrected chi connectivity index (χ3v) is 5.37. The minimum atomic E-state index is -4.52. The summed E-state index contributed by atoms with van der Waals surface area (Å²) in [6.45, 7) is 7.72. The molecule has 3 N–H and O–H groups in total. The fraction of sp³-hybridized carbons (Fsp3) is 1.00. The molecule has 186 valence electrons. The molecule has 0 atom stereocenters. The fourth-order valence-corrected chi connectivity index (χ4v) is 3.12. The molecule has 0 unspecified atom stereocenters. The van der Waals surface area contributed by atoms with Crippen LogP contribution in [0.5, 0.6) is 0 Å². The van der Waals surface area contributed by atoms with E-state index in [1.165, 1.54) is 13.8 Å². The summed E-state index contributed by atoms with van der Waals surface area (Å²) in [5.74, 6) is -1.02. The Balaban J connectivity index is -0.000000430. The Bertz CT molecular complexity index is 637. The van der Waals surface area contributed by atoms with Gasteiger partial charge in [-0.05, 0) is 40.5 Å². The van der Waals surface area contributed by atoms with Crippen LogP contribution in [0, 0.1) is 0 Å². The third kappa shape index (κ3) is 38.4. The Kier molecular flexibility index (Phi) is 17.0. The highest BCUT2D eigenvalue weighted by Gasteiger charge is 2.30. The number of hydrogen-bond donors (Lipinski definition) is 3. The van der Waals surface area contributed by atoms with Gasteiger partial charge >= 0.3 is 6.18 Å². The van der Waals surface area contributed by atoms with Gasteiger partial charge in [-0.3, -0.25) is 4.18 Å². The topological polar surface area (TPSA) is 138 Å². The van der Waals surface area contributed by atoms with Gasteiger partial charge in [-0.25, -0.2) is 8.42 Å². The highest BCUT2D eigenvalue weighted by molar-refractivity contribution is 8.13. The van der Waals surface area contributed by atoms with E-state index in [9.17, 15) is 35.1 Å². The Hall–Kier alpha value is -0.180. The minimum absolute atomic E-state index is 0.0260. The standard InChI is InChI=1S/C8H15F3O4S.C5H12O2.C3H7ClO2S/c1-7(2,12)3-5-15-16(13,14)6-4-8(9,10)11;1-5(2,7)3-4-6;1-2-3-7(4,5)6/h12H,3-6H2,1-2H3;6-7H,3-4H2,1-2H3;2-3H2,1H3. The molecule has 30 heavy (non-hydrogen) atoms. The van der Waals surface area contributed by atoms with Gasteiger partial charge in [0.2, 0.25) is 9.05 Å². The van der Waals surface area contributed by atoms with Gasteiger partial charge in [0.15, 0.2) is 0 Å². The number of aliphatic hydroxyl groups is 3. The van der Waals surface area contributed by atoms with E-state index in [4.69, 9.17) is 20.9 Å². The molecule has 0 saturated carbocycles. The van der Waals surface area contributed by atoms with Crippen LogP contribution in [0.15, 0.2) is 0 Å². The van der Waals surface area contributed by atoms with Crippen molar-refractivity contribution >= 4 is 29.9 Å². The van der Waals surface area contributed by atoms with Crippen molar-refractivity contribution in [1.82, 2.24) is 0 Å². The van der Waals surface area contributed by atoms with E-state index in [0.717, 1.165) is 0 Å². The molecule has 0 heterocycles. The second-order valence-electron chi connectivity index (χ2n) is 7.54. The second kappa shape index (κ2) is 14.8. The van der Waals surface area contributed by atoms with Crippen LogP contribution in [0.3, 0.4) is 0 Å². The summed E-state index contributed by atoms with van der Waals surface area (Å²) in [4.78, 5) is 0. The summed E-state index contributed by atoms with van der Waals surface area (Å²) >= 11 is 0. The Labute approximate surface area is 181 Å². The van der Waals surface area contributed by atoms with Gasteiger partial charge in [-0.2, -0.15) is 21.6 Å². The van der Waals surface area contributed by atoms with Crippen molar-refractivity contribution in [3.63, 3.8) is 0 Å². The van der Waals surface area contributed by atoms with Crippen molar-refractivity contribution in [1.29, 1.82) is 0 Å². The lowest BCUT2D eigenvalue weighted by Gasteiger charge is -2.16. The van der Waals surface area contributed by atoms with E-state index >= 15 is 0 Å². The average Bonchev–Trinajstić information content (AvgIpc) is 2.41. The monoisotopic (exact) mass is 510 g/mol. The molecular formula is C16H34ClF3O8S2. The van der Waals surface area contributed by atoms with Gasteiger partial charge in [0, 0.05) is 23.7 Å². The highest BCUT2D eigenvalue weighted by atomic mass is 35.7. The second-order valence-corrected chi connectivity index (χ2v) is 12.2. The van der Waals surface area contributed by atoms with Gasteiger partial charge in [0.25, 0.3) is 10.1 Å². The average molecular weight is 511 g/mol. The molecule has 8 nitrogen and oxygen atoms in total. The van der Waals surface area contributed by atoms with Crippen LogP contribution in [0.2, 0.25) is 0 Å². The maximum Gasteiger partial charge on any atom is 0.390 e. The van der Waals surface area contributed by atoms with Crippen LogP contribution in [0.1, 0.15) is 60.3 Å². The van der Waals surface area contributed by atoms with E-state index in [1.54, 1.807) is 20.8 Å². The first kappa shape index (κ1) is 34.4. The zero-order valence-corrected chi connectivity index (χ0v) is 20.3. The molecule has 0 bridgehead atoms. The van der Waals surface area contributed by atoms with Crippen LogP contribution < -0.4 is 0 Å². The Morgan fingerprint density at radius 3 is 1.50 bits per heavy atom. The normalized spacial score (nSPS) is 13.1. The molecule has 0 aliphatic carbocycles. The summed E-state index contributed by atoms with van der Waals surface area (Å²) in [5, 5.41) is 26.3. The van der Waals surface area contributed by atoms with Crippen molar-refractivity contribution in [2.75, 3.05) is 24.7 Å². The van der Waals surface area contributed by atoms with E-state index in [-0.39, 0.29) is 25.4 Å². The quantitative estimate of drug-likeness (QED) is 0.301. The molecule has 0 aliphatic rings. The maximum atomic E-state index is 11.7. The van der Waals surface area contributed by atoms with Gasteiger partial charge < -0.3 is 15.3 Å². The van der Waals surface area contributed by atoms with Gasteiger partial charge in [-0.1, -0.05) is 6.92 Å². The number of halogens is 4. The molecule has 0 radical (unpaired) electrons. The fourth-order valence-electron chi connectivity index (χ4n) is 1.24. The summed E-state index contributed by atoms with van der Waals surface area (Å²) < 4.78 is 81.4.